The Morgan fingerprint density at radius 2 is 2.21 bits per heavy atom. The number of aliphatic imine (C=N–C) groups is 1. The van der Waals surface area contributed by atoms with Gasteiger partial charge in [0.05, 0.1) is 6.54 Å². The lowest BCUT2D eigenvalue weighted by Crippen LogP contribution is -2.46. The van der Waals surface area contributed by atoms with Crippen molar-refractivity contribution in [1.29, 1.82) is 0 Å². The first-order chi connectivity index (χ1) is 6.00. The van der Waals surface area contributed by atoms with E-state index in [1.54, 1.807) is 11.9 Å². The lowest BCUT2D eigenvalue weighted by Gasteiger charge is -2.27. The summed E-state index contributed by atoms with van der Waals surface area (Å²) < 4.78 is 0. The number of carbonyl (C=O) groups excluding carboxylic acids is 1. The van der Waals surface area contributed by atoms with Crippen molar-refractivity contribution in [3.8, 4) is 0 Å². The maximum absolute atomic E-state index is 11.6. The third-order valence-corrected chi connectivity index (χ3v) is 2.08. The first kappa shape index (κ1) is 13.2. The fourth-order valence-electron chi connectivity index (χ4n) is 1.47. The first-order valence-corrected chi connectivity index (χ1v) is 4.58. The van der Waals surface area contributed by atoms with Crippen molar-refractivity contribution in [1.82, 2.24) is 4.90 Å². The van der Waals surface area contributed by atoms with E-state index in [0.717, 1.165) is 6.42 Å². The average molecular weight is 220 g/mol. The molecule has 0 aromatic heterocycles. The molecule has 0 aliphatic carbocycles. The summed E-state index contributed by atoms with van der Waals surface area (Å²) in [4.78, 5) is 17.4. The van der Waals surface area contributed by atoms with E-state index in [1.165, 1.54) is 0 Å². The van der Waals surface area contributed by atoms with Crippen molar-refractivity contribution >= 4 is 24.1 Å². The van der Waals surface area contributed by atoms with E-state index in [9.17, 15) is 4.79 Å². The van der Waals surface area contributed by atoms with E-state index in [1.807, 2.05) is 0 Å². The summed E-state index contributed by atoms with van der Waals surface area (Å²) in [5.74, 6) is 1.12. The molecule has 1 aliphatic rings. The molecule has 1 amide bonds. The summed E-state index contributed by atoms with van der Waals surface area (Å²) in [7, 11) is 1.76. The smallest absolute Gasteiger partial charge is 0.247 e. The largest absolute Gasteiger partial charge is 0.386 e. The van der Waals surface area contributed by atoms with Gasteiger partial charge in [-0.15, -0.1) is 12.4 Å². The maximum atomic E-state index is 11.6. The second-order valence-electron chi connectivity index (χ2n) is 3.96. The van der Waals surface area contributed by atoms with Crippen molar-refractivity contribution in [2.45, 2.75) is 26.3 Å². The molecule has 82 valence electrons. The van der Waals surface area contributed by atoms with E-state index in [4.69, 9.17) is 5.73 Å². The summed E-state index contributed by atoms with van der Waals surface area (Å²) in [5.41, 5.74) is 5.61. The second kappa shape index (κ2) is 5.20. The topological polar surface area (TPSA) is 58.7 Å². The summed E-state index contributed by atoms with van der Waals surface area (Å²) in [6, 6.07) is -0.251. The molecule has 1 atom stereocenters. The molecular weight excluding hydrogens is 202 g/mol. The summed E-state index contributed by atoms with van der Waals surface area (Å²) >= 11 is 0. The monoisotopic (exact) mass is 219 g/mol. The number of halogens is 1. The van der Waals surface area contributed by atoms with Gasteiger partial charge in [0.1, 0.15) is 11.9 Å². The van der Waals surface area contributed by atoms with Crippen molar-refractivity contribution < 1.29 is 4.79 Å². The third kappa shape index (κ3) is 3.18. The van der Waals surface area contributed by atoms with Crippen LogP contribution in [0.5, 0.6) is 0 Å². The Bertz CT molecular complexity index is 240. The molecule has 0 bridgehead atoms. The standard InChI is InChI=1S/C9H17N3O.ClH/c1-6(2)4-7-9(13)12(3)5-8(10)11-7;/h6-7H,4-5H2,1-3H3,(H2,10,11);1H. The average Bonchev–Trinajstić information content (AvgIpc) is 1.98. The SMILES string of the molecule is CC(C)CC1N=C(N)CN(C)C1=O.Cl. The molecule has 4 nitrogen and oxygen atoms in total. The number of nitrogens with zero attached hydrogens (tertiary/aromatic N) is 2. The highest BCUT2D eigenvalue weighted by Gasteiger charge is 2.26. The molecule has 1 heterocycles. The van der Waals surface area contributed by atoms with Gasteiger partial charge in [-0.25, -0.2) is 0 Å². The molecular formula is C9H18ClN3O. The Balaban J connectivity index is 0.00000169. The lowest BCUT2D eigenvalue weighted by molar-refractivity contribution is -0.131. The van der Waals surface area contributed by atoms with Crippen LogP contribution in [-0.4, -0.2) is 36.3 Å². The minimum atomic E-state index is -0.251. The number of nitrogens with two attached hydrogens (primary N) is 1. The zero-order valence-corrected chi connectivity index (χ0v) is 9.67. The van der Waals surface area contributed by atoms with Gasteiger partial charge in [-0.05, 0) is 12.3 Å². The Morgan fingerprint density at radius 1 is 1.64 bits per heavy atom. The van der Waals surface area contributed by atoms with Crippen molar-refractivity contribution in [2.24, 2.45) is 16.6 Å². The van der Waals surface area contributed by atoms with E-state index < -0.39 is 0 Å². The number of hydrogen-bond acceptors (Lipinski definition) is 3. The van der Waals surface area contributed by atoms with Crippen LogP contribution in [0.1, 0.15) is 20.3 Å². The maximum Gasteiger partial charge on any atom is 0.247 e. The van der Waals surface area contributed by atoms with Gasteiger partial charge >= 0.3 is 0 Å². The van der Waals surface area contributed by atoms with Gasteiger partial charge in [0.15, 0.2) is 0 Å². The Kier molecular flexibility index (Phi) is 4.91. The molecule has 2 N–H and O–H groups in total. The van der Waals surface area contributed by atoms with Gasteiger partial charge in [0.25, 0.3) is 0 Å². The fraction of sp³-hybridized carbons (Fsp3) is 0.778. The number of rotatable bonds is 2. The van der Waals surface area contributed by atoms with Gasteiger partial charge in [-0.2, -0.15) is 0 Å². The van der Waals surface area contributed by atoms with Crippen LogP contribution in [0.4, 0.5) is 0 Å². The van der Waals surface area contributed by atoms with E-state index in [-0.39, 0.29) is 24.4 Å². The van der Waals surface area contributed by atoms with E-state index >= 15 is 0 Å². The summed E-state index contributed by atoms with van der Waals surface area (Å²) in [6.07, 6.45) is 0.782. The number of amides is 1. The summed E-state index contributed by atoms with van der Waals surface area (Å²) in [6.45, 7) is 4.62. The highest BCUT2D eigenvalue weighted by molar-refractivity contribution is 5.94. The van der Waals surface area contributed by atoms with Gasteiger partial charge in [0, 0.05) is 7.05 Å². The molecule has 0 radical (unpaired) electrons. The molecule has 0 aromatic carbocycles. The Labute approximate surface area is 91.0 Å². The zero-order valence-electron chi connectivity index (χ0n) is 8.86. The second-order valence-corrected chi connectivity index (χ2v) is 3.96. The molecule has 5 heteroatoms. The van der Waals surface area contributed by atoms with E-state index in [2.05, 4.69) is 18.8 Å². The van der Waals surface area contributed by atoms with Crippen molar-refractivity contribution in [3.63, 3.8) is 0 Å². The minimum absolute atomic E-state index is 0. The molecule has 14 heavy (non-hydrogen) atoms. The normalized spacial score (nSPS) is 22.0. The first-order valence-electron chi connectivity index (χ1n) is 4.58. The molecule has 1 rings (SSSR count). The molecule has 0 saturated heterocycles. The van der Waals surface area contributed by atoms with Gasteiger partial charge in [-0.1, -0.05) is 13.8 Å². The van der Waals surface area contributed by atoms with Crippen molar-refractivity contribution in [2.75, 3.05) is 13.6 Å². The van der Waals surface area contributed by atoms with Gasteiger partial charge in [0.2, 0.25) is 5.91 Å². The van der Waals surface area contributed by atoms with Crippen LogP contribution in [0, 0.1) is 5.92 Å². The van der Waals surface area contributed by atoms with Crippen LogP contribution in [-0.2, 0) is 4.79 Å². The molecule has 1 aliphatic heterocycles. The Morgan fingerprint density at radius 3 is 2.71 bits per heavy atom. The number of likely N-dealkylation sites (N-methyl/N-ethyl adjacent to an activating group) is 1. The van der Waals surface area contributed by atoms with Crippen LogP contribution < -0.4 is 5.73 Å². The van der Waals surface area contributed by atoms with Crippen LogP contribution >= 0.6 is 12.4 Å². The lowest BCUT2D eigenvalue weighted by atomic mass is 10.0. The summed E-state index contributed by atoms with van der Waals surface area (Å²) in [5, 5.41) is 0. The minimum Gasteiger partial charge on any atom is -0.386 e. The third-order valence-electron chi connectivity index (χ3n) is 2.08. The highest BCUT2D eigenvalue weighted by Crippen LogP contribution is 2.13. The van der Waals surface area contributed by atoms with Crippen LogP contribution in [0.2, 0.25) is 0 Å². The number of carbonyl (C=O) groups is 1. The van der Waals surface area contributed by atoms with Gasteiger partial charge < -0.3 is 10.6 Å². The van der Waals surface area contributed by atoms with Crippen LogP contribution in [0.25, 0.3) is 0 Å². The quantitative estimate of drug-likeness (QED) is 0.742. The van der Waals surface area contributed by atoms with Crippen LogP contribution in [0.15, 0.2) is 4.99 Å². The van der Waals surface area contributed by atoms with Crippen molar-refractivity contribution in [3.05, 3.63) is 0 Å². The highest BCUT2D eigenvalue weighted by atomic mass is 35.5. The predicted octanol–water partition coefficient (Wildman–Crippen LogP) is 0.652. The van der Waals surface area contributed by atoms with Gasteiger partial charge in [-0.3, -0.25) is 9.79 Å². The number of hydrogen-bond donors (Lipinski definition) is 1. The van der Waals surface area contributed by atoms with Crippen LogP contribution in [0.3, 0.4) is 0 Å². The Hall–Kier alpha value is -0.770. The number of amidine groups is 1. The molecule has 0 spiro atoms. The molecule has 0 saturated carbocycles. The molecule has 1 unspecified atom stereocenters. The fourth-order valence-corrected chi connectivity index (χ4v) is 1.47. The van der Waals surface area contributed by atoms with E-state index in [0.29, 0.717) is 18.3 Å². The molecule has 0 aromatic rings. The molecule has 0 fully saturated rings. The predicted molar refractivity (Wildman–Crippen MR) is 59.8 cm³/mol. The zero-order chi connectivity index (χ0) is 10.0.